The first kappa shape index (κ1) is 43.2. The minimum absolute atomic E-state index is 0.405. The number of para-hydroxylation sites is 4. The van der Waals surface area contributed by atoms with Crippen molar-refractivity contribution >= 4 is 99.5 Å². The van der Waals surface area contributed by atoms with Crippen molar-refractivity contribution < 1.29 is 8.83 Å². The summed E-state index contributed by atoms with van der Waals surface area (Å²) >= 11 is 0. The fraction of sp³-hybridized carbons (Fsp3) is 0.0882. The molecule has 0 radical (unpaired) electrons. The highest BCUT2D eigenvalue weighted by Gasteiger charge is 2.25. The Hall–Kier alpha value is -8.86. The Bertz CT molecular complexity index is 3880. The van der Waals surface area contributed by atoms with Crippen LogP contribution in [0.5, 0.6) is 0 Å². The molecule has 4 nitrogen and oxygen atoms in total. The Labute approximate surface area is 419 Å². The molecular weight excluding hydrogens is 877 g/mol. The van der Waals surface area contributed by atoms with Crippen LogP contribution in [0.4, 0.5) is 34.1 Å². The van der Waals surface area contributed by atoms with Crippen LogP contribution in [0.1, 0.15) is 50.7 Å². The summed E-state index contributed by atoms with van der Waals surface area (Å²) in [4.78, 5) is 4.75. The second kappa shape index (κ2) is 17.5. The van der Waals surface area contributed by atoms with E-state index in [-0.39, 0.29) is 0 Å². The van der Waals surface area contributed by atoms with Gasteiger partial charge in [-0.2, -0.15) is 0 Å². The molecule has 2 heterocycles. The van der Waals surface area contributed by atoms with Gasteiger partial charge in [-0.15, -0.1) is 0 Å². The molecule has 0 saturated carbocycles. The molecule has 0 aliphatic heterocycles. The number of fused-ring (bicyclic) bond motifs is 8. The van der Waals surface area contributed by atoms with Gasteiger partial charge in [0.25, 0.3) is 0 Å². The minimum atomic E-state index is 0.405. The third kappa shape index (κ3) is 7.21. The molecule has 0 spiro atoms. The first-order valence-corrected chi connectivity index (χ1v) is 25.1. The van der Waals surface area contributed by atoms with E-state index in [2.05, 4.69) is 256 Å². The van der Waals surface area contributed by atoms with Gasteiger partial charge in [0.2, 0.25) is 0 Å². The van der Waals surface area contributed by atoms with Crippen LogP contribution in [-0.4, -0.2) is 0 Å². The highest BCUT2D eigenvalue weighted by atomic mass is 16.3. The average molecular weight is 929 g/mol. The molecular formula is C68H52N2O2. The van der Waals surface area contributed by atoms with Gasteiger partial charge < -0.3 is 18.6 Å². The van der Waals surface area contributed by atoms with Crippen LogP contribution in [0.25, 0.3) is 87.7 Å². The fourth-order valence-electron chi connectivity index (χ4n) is 11.0. The summed E-state index contributed by atoms with van der Waals surface area (Å²) in [6.07, 6.45) is 0. The molecule has 0 amide bonds. The van der Waals surface area contributed by atoms with Crippen LogP contribution in [0.2, 0.25) is 0 Å². The lowest BCUT2D eigenvalue weighted by Gasteiger charge is -2.28. The van der Waals surface area contributed by atoms with Gasteiger partial charge in [0, 0.05) is 44.3 Å². The molecule has 0 bridgehead atoms. The van der Waals surface area contributed by atoms with Crippen molar-refractivity contribution in [3.05, 3.63) is 242 Å². The maximum atomic E-state index is 6.78. The van der Waals surface area contributed by atoms with Crippen molar-refractivity contribution in [2.45, 2.75) is 39.5 Å². The lowest BCUT2D eigenvalue weighted by Crippen LogP contribution is -2.11. The lowest BCUT2D eigenvalue weighted by atomic mass is 9.85. The van der Waals surface area contributed by atoms with Crippen LogP contribution in [0.3, 0.4) is 0 Å². The highest BCUT2D eigenvalue weighted by Crippen LogP contribution is 2.50. The molecule has 0 saturated heterocycles. The molecule has 13 aromatic rings. The van der Waals surface area contributed by atoms with E-state index in [1.165, 1.54) is 22.3 Å². The number of hydrogen-bond acceptors (Lipinski definition) is 4. The molecule has 0 aliphatic carbocycles. The summed E-state index contributed by atoms with van der Waals surface area (Å²) < 4.78 is 13.6. The van der Waals surface area contributed by atoms with Gasteiger partial charge in [-0.3, -0.25) is 0 Å². The molecule has 346 valence electrons. The zero-order valence-corrected chi connectivity index (χ0v) is 40.8. The Kier molecular flexibility index (Phi) is 10.5. The van der Waals surface area contributed by atoms with E-state index in [0.717, 1.165) is 111 Å². The summed E-state index contributed by atoms with van der Waals surface area (Å²) in [5.41, 5.74) is 16.9. The number of furan rings is 2. The van der Waals surface area contributed by atoms with E-state index in [4.69, 9.17) is 8.83 Å². The van der Waals surface area contributed by atoms with E-state index >= 15 is 0 Å². The maximum Gasteiger partial charge on any atom is 0.159 e. The predicted octanol–water partition coefficient (Wildman–Crippen LogP) is 20.3. The van der Waals surface area contributed by atoms with Crippen LogP contribution in [0.15, 0.2) is 239 Å². The number of benzene rings is 11. The van der Waals surface area contributed by atoms with Crippen molar-refractivity contribution in [2.75, 3.05) is 9.80 Å². The Balaban J connectivity index is 1.10. The molecule has 0 atom stereocenters. The van der Waals surface area contributed by atoms with Gasteiger partial charge >= 0.3 is 0 Å². The number of hydrogen-bond donors (Lipinski definition) is 0. The van der Waals surface area contributed by atoms with Crippen molar-refractivity contribution in [3.8, 4) is 22.3 Å². The predicted molar refractivity (Wildman–Crippen MR) is 304 cm³/mol. The van der Waals surface area contributed by atoms with Crippen molar-refractivity contribution in [2.24, 2.45) is 0 Å². The SMILES string of the molecule is CC(C)c1ccc(N(c2ccc3c(-c4ccccc4)c4cc(N(c5ccc(C(C)C)cc5)c5cccc6c5oc5ccccc56)ccc4c(-c4ccccc4)c3c2)c2cccc3c2oc2ccccc23)cc1. The summed E-state index contributed by atoms with van der Waals surface area (Å²) in [5.74, 6) is 0.809. The van der Waals surface area contributed by atoms with Gasteiger partial charge in [0.05, 0.1) is 11.4 Å². The average Bonchev–Trinajstić information content (AvgIpc) is 4.01. The van der Waals surface area contributed by atoms with Gasteiger partial charge in [-0.1, -0.05) is 185 Å². The summed E-state index contributed by atoms with van der Waals surface area (Å²) in [7, 11) is 0. The Morgan fingerprint density at radius 2 is 0.653 bits per heavy atom. The van der Waals surface area contributed by atoms with E-state index in [9.17, 15) is 0 Å². The zero-order chi connectivity index (χ0) is 48.5. The van der Waals surface area contributed by atoms with Gasteiger partial charge in [0.1, 0.15) is 11.2 Å². The second-order valence-corrected chi connectivity index (χ2v) is 19.6. The fourth-order valence-corrected chi connectivity index (χ4v) is 11.0. The zero-order valence-electron chi connectivity index (χ0n) is 40.8. The van der Waals surface area contributed by atoms with Crippen molar-refractivity contribution in [3.63, 3.8) is 0 Å². The smallest absolute Gasteiger partial charge is 0.159 e. The van der Waals surface area contributed by atoms with E-state index in [0.29, 0.717) is 11.8 Å². The standard InChI is InChI=1S/C68H52N2O2/c1-43(2)45-29-33-49(34-30-45)69(61-25-15-23-57-53-21-11-13-27-63(53)71-67(57)61)51-37-39-55-59(41-51)65(47-17-7-5-8-18-47)56-40-38-52(42-60(56)66(55)48-19-9-6-10-20-48)70(50-35-31-46(32-36-50)44(3)4)62-26-16-24-58-54-22-12-14-28-64(54)72-68(58)62/h5-44H,1-4H3. The second-order valence-electron chi connectivity index (χ2n) is 19.6. The molecule has 0 fully saturated rings. The quantitative estimate of drug-likeness (QED) is 0.128. The van der Waals surface area contributed by atoms with Crippen LogP contribution >= 0.6 is 0 Å². The first-order chi connectivity index (χ1) is 35.4. The molecule has 72 heavy (non-hydrogen) atoms. The number of nitrogens with zero attached hydrogens (tertiary/aromatic N) is 2. The molecule has 0 aliphatic rings. The topological polar surface area (TPSA) is 32.8 Å². The first-order valence-electron chi connectivity index (χ1n) is 25.1. The normalized spacial score (nSPS) is 11.9. The van der Waals surface area contributed by atoms with Crippen molar-refractivity contribution in [1.29, 1.82) is 0 Å². The monoisotopic (exact) mass is 928 g/mol. The van der Waals surface area contributed by atoms with Crippen LogP contribution in [-0.2, 0) is 0 Å². The van der Waals surface area contributed by atoms with Crippen molar-refractivity contribution in [1.82, 2.24) is 0 Å². The third-order valence-electron chi connectivity index (χ3n) is 14.6. The Morgan fingerprint density at radius 1 is 0.292 bits per heavy atom. The largest absolute Gasteiger partial charge is 0.454 e. The van der Waals surface area contributed by atoms with Gasteiger partial charge in [0.15, 0.2) is 11.2 Å². The summed E-state index contributed by atoms with van der Waals surface area (Å²) in [5, 5.41) is 9.04. The van der Waals surface area contributed by atoms with E-state index in [1.54, 1.807) is 0 Å². The van der Waals surface area contributed by atoms with Gasteiger partial charge in [-0.25, -0.2) is 0 Å². The molecule has 2 aromatic heterocycles. The Morgan fingerprint density at radius 3 is 1.06 bits per heavy atom. The summed E-state index contributed by atoms with van der Waals surface area (Å²) in [6.45, 7) is 8.99. The molecule has 0 N–H and O–H groups in total. The number of rotatable bonds is 10. The molecule has 0 unspecified atom stereocenters. The van der Waals surface area contributed by atoms with E-state index in [1.807, 2.05) is 12.1 Å². The molecule has 4 heteroatoms. The molecule has 13 rings (SSSR count). The highest BCUT2D eigenvalue weighted by molar-refractivity contribution is 6.23. The molecule has 11 aromatic carbocycles. The maximum absolute atomic E-state index is 6.78. The van der Waals surface area contributed by atoms with Crippen LogP contribution < -0.4 is 9.80 Å². The summed E-state index contributed by atoms with van der Waals surface area (Å²) in [6, 6.07) is 83.7. The van der Waals surface area contributed by atoms with Crippen LogP contribution in [0, 0.1) is 0 Å². The third-order valence-corrected chi connectivity index (χ3v) is 14.6. The number of anilines is 6. The lowest BCUT2D eigenvalue weighted by molar-refractivity contribution is 0.668. The van der Waals surface area contributed by atoms with E-state index < -0.39 is 0 Å². The van der Waals surface area contributed by atoms with Gasteiger partial charge in [-0.05, 0) is 140 Å². The minimum Gasteiger partial charge on any atom is -0.454 e.